The van der Waals surface area contributed by atoms with Crippen LogP contribution in [0.15, 0.2) is 18.3 Å². The van der Waals surface area contributed by atoms with E-state index in [0.717, 1.165) is 31.4 Å². The minimum absolute atomic E-state index is 0.0576. The molecule has 1 aromatic heterocycles. The highest BCUT2D eigenvalue weighted by Gasteiger charge is 2.24. The topological polar surface area (TPSA) is 74.3 Å². The van der Waals surface area contributed by atoms with E-state index in [-0.39, 0.29) is 18.4 Å². The molecule has 1 fully saturated rings. The fourth-order valence-corrected chi connectivity index (χ4v) is 2.82. The number of rotatable bonds is 5. The summed E-state index contributed by atoms with van der Waals surface area (Å²) in [6.45, 7) is 5.20. The van der Waals surface area contributed by atoms with Gasteiger partial charge in [0, 0.05) is 31.7 Å². The lowest BCUT2D eigenvalue weighted by Crippen LogP contribution is -2.48. The molecule has 2 N–H and O–H groups in total. The normalized spacial score (nSPS) is 17.7. The third kappa shape index (κ3) is 5.23. The molecular weight excluding hydrogens is 292 g/mol. The van der Waals surface area contributed by atoms with Crippen molar-refractivity contribution in [1.29, 1.82) is 0 Å². The number of nitrogens with zero attached hydrogens (tertiary/aromatic N) is 2. The van der Waals surface area contributed by atoms with Crippen molar-refractivity contribution in [2.24, 2.45) is 0 Å². The number of anilines is 1. The van der Waals surface area contributed by atoms with Crippen LogP contribution in [0.1, 0.15) is 44.6 Å². The molecule has 3 amide bonds. The highest BCUT2D eigenvalue weighted by atomic mass is 16.2. The molecule has 0 spiro atoms. The lowest BCUT2D eigenvalue weighted by atomic mass is 10.0. The number of hydrogen-bond acceptors (Lipinski definition) is 3. The SMILES string of the molecule is CCC1CCCCN1C(=O)NCCC(=O)Nc1ccc(C)cn1. The van der Waals surface area contributed by atoms with Crippen molar-refractivity contribution in [3.8, 4) is 0 Å². The van der Waals surface area contributed by atoms with E-state index in [4.69, 9.17) is 0 Å². The third-order valence-electron chi connectivity index (χ3n) is 4.17. The maximum atomic E-state index is 12.2. The first-order valence-corrected chi connectivity index (χ1v) is 8.37. The van der Waals surface area contributed by atoms with E-state index in [1.807, 2.05) is 17.9 Å². The molecule has 0 saturated carbocycles. The molecule has 1 aliphatic heterocycles. The van der Waals surface area contributed by atoms with Crippen LogP contribution in [-0.2, 0) is 4.79 Å². The molecule has 6 nitrogen and oxygen atoms in total. The first-order valence-electron chi connectivity index (χ1n) is 8.37. The second kappa shape index (κ2) is 8.50. The van der Waals surface area contributed by atoms with Crippen LogP contribution in [0.4, 0.5) is 10.6 Å². The van der Waals surface area contributed by atoms with Crippen molar-refractivity contribution in [2.75, 3.05) is 18.4 Å². The maximum absolute atomic E-state index is 12.2. The summed E-state index contributed by atoms with van der Waals surface area (Å²) in [5.41, 5.74) is 1.04. The molecule has 1 saturated heterocycles. The van der Waals surface area contributed by atoms with Crippen LogP contribution in [0.25, 0.3) is 0 Å². The van der Waals surface area contributed by atoms with E-state index in [0.29, 0.717) is 18.4 Å². The van der Waals surface area contributed by atoms with Crippen molar-refractivity contribution in [3.05, 3.63) is 23.9 Å². The number of amides is 3. The van der Waals surface area contributed by atoms with Gasteiger partial charge in [0.05, 0.1) is 0 Å². The number of pyridine rings is 1. The molecule has 1 unspecified atom stereocenters. The molecule has 0 aromatic carbocycles. The van der Waals surface area contributed by atoms with Crippen molar-refractivity contribution in [2.45, 2.75) is 52.0 Å². The Kier molecular flexibility index (Phi) is 6.38. The predicted octanol–water partition coefficient (Wildman–Crippen LogP) is 2.69. The Hall–Kier alpha value is -2.11. The first-order chi connectivity index (χ1) is 11.1. The maximum Gasteiger partial charge on any atom is 0.317 e. The van der Waals surface area contributed by atoms with Crippen LogP contribution in [0, 0.1) is 6.92 Å². The van der Waals surface area contributed by atoms with Gasteiger partial charge in [-0.3, -0.25) is 4.79 Å². The van der Waals surface area contributed by atoms with Gasteiger partial charge in [0.2, 0.25) is 5.91 Å². The minimum Gasteiger partial charge on any atom is -0.337 e. The number of carbonyl (C=O) groups is 2. The van der Waals surface area contributed by atoms with E-state index in [2.05, 4.69) is 22.5 Å². The summed E-state index contributed by atoms with van der Waals surface area (Å²) in [5.74, 6) is 0.390. The van der Waals surface area contributed by atoms with Gasteiger partial charge in [-0.2, -0.15) is 0 Å². The summed E-state index contributed by atoms with van der Waals surface area (Å²) in [4.78, 5) is 30.1. The molecule has 2 rings (SSSR count). The Bertz CT molecular complexity index is 530. The number of aromatic nitrogens is 1. The molecule has 0 aliphatic carbocycles. The number of likely N-dealkylation sites (tertiary alicyclic amines) is 1. The number of piperidine rings is 1. The number of hydrogen-bond donors (Lipinski definition) is 2. The van der Waals surface area contributed by atoms with Gasteiger partial charge in [-0.05, 0) is 44.2 Å². The Morgan fingerprint density at radius 1 is 1.35 bits per heavy atom. The average molecular weight is 318 g/mol. The third-order valence-corrected chi connectivity index (χ3v) is 4.17. The van der Waals surface area contributed by atoms with Crippen LogP contribution in [0.2, 0.25) is 0 Å². The Morgan fingerprint density at radius 3 is 2.87 bits per heavy atom. The van der Waals surface area contributed by atoms with Crippen LogP contribution in [0.5, 0.6) is 0 Å². The van der Waals surface area contributed by atoms with Gasteiger partial charge < -0.3 is 15.5 Å². The first kappa shape index (κ1) is 17.2. The molecule has 23 heavy (non-hydrogen) atoms. The zero-order valence-electron chi connectivity index (χ0n) is 14.0. The van der Waals surface area contributed by atoms with Gasteiger partial charge >= 0.3 is 6.03 Å². The molecule has 1 aliphatic rings. The monoisotopic (exact) mass is 318 g/mol. The molecule has 1 aromatic rings. The molecular formula is C17H26N4O2. The highest BCUT2D eigenvalue weighted by Crippen LogP contribution is 2.19. The molecule has 6 heteroatoms. The van der Waals surface area contributed by atoms with E-state index in [1.54, 1.807) is 12.3 Å². The number of carbonyl (C=O) groups excluding carboxylic acids is 2. The van der Waals surface area contributed by atoms with Crippen LogP contribution >= 0.6 is 0 Å². The van der Waals surface area contributed by atoms with Gasteiger partial charge in [0.15, 0.2) is 0 Å². The number of nitrogens with one attached hydrogen (secondary N) is 2. The lowest BCUT2D eigenvalue weighted by molar-refractivity contribution is -0.116. The van der Waals surface area contributed by atoms with Crippen LogP contribution < -0.4 is 10.6 Å². The van der Waals surface area contributed by atoms with Gasteiger partial charge in [-0.1, -0.05) is 13.0 Å². The molecule has 2 heterocycles. The fourth-order valence-electron chi connectivity index (χ4n) is 2.82. The lowest BCUT2D eigenvalue weighted by Gasteiger charge is -2.35. The van der Waals surface area contributed by atoms with E-state index >= 15 is 0 Å². The highest BCUT2D eigenvalue weighted by molar-refractivity contribution is 5.90. The van der Waals surface area contributed by atoms with Gasteiger partial charge in [-0.15, -0.1) is 0 Å². The largest absolute Gasteiger partial charge is 0.337 e. The molecule has 0 radical (unpaired) electrons. The smallest absolute Gasteiger partial charge is 0.317 e. The second-order valence-corrected chi connectivity index (χ2v) is 6.00. The average Bonchev–Trinajstić information content (AvgIpc) is 2.56. The summed E-state index contributed by atoms with van der Waals surface area (Å²) < 4.78 is 0. The Balaban J connectivity index is 1.72. The minimum atomic E-state index is -0.146. The number of urea groups is 1. The van der Waals surface area contributed by atoms with Crippen molar-refractivity contribution in [1.82, 2.24) is 15.2 Å². The van der Waals surface area contributed by atoms with Crippen molar-refractivity contribution < 1.29 is 9.59 Å². The van der Waals surface area contributed by atoms with Gasteiger partial charge in [-0.25, -0.2) is 9.78 Å². The zero-order valence-corrected chi connectivity index (χ0v) is 14.0. The molecule has 126 valence electrons. The van der Waals surface area contributed by atoms with Gasteiger partial charge in [0.25, 0.3) is 0 Å². The van der Waals surface area contributed by atoms with E-state index < -0.39 is 0 Å². The van der Waals surface area contributed by atoms with Crippen LogP contribution in [0.3, 0.4) is 0 Å². The van der Waals surface area contributed by atoms with E-state index in [9.17, 15) is 9.59 Å². The van der Waals surface area contributed by atoms with E-state index in [1.165, 1.54) is 6.42 Å². The summed E-state index contributed by atoms with van der Waals surface area (Å²) in [7, 11) is 0. The van der Waals surface area contributed by atoms with Crippen LogP contribution in [-0.4, -0.2) is 41.0 Å². The molecule has 1 atom stereocenters. The Morgan fingerprint density at radius 2 is 2.17 bits per heavy atom. The second-order valence-electron chi connectivity index (χ2n) is 6.00. The number of aryl methyl sites for hydroxylation is 1. The van der Waals surface area contributed by atoms with Crippen molar-refractivity contribution >= 4 is 17.8 Å². The summed E-state index contributed by atoms with van der Waals surface area (Å²) in [5, 5.41) is 5.58. The summed E-state index contributed by atoms with van der Waals surface area (Å²) in [6.07, 6.45) is 6.25. The summed E-state index contributed by atoms with van der Waals surface area (Å²) >= 11 is 0. The van der Waals surface area contributed by atoms with Crippen molar-refractivity contribution in [3.63, 3.8) is 0 Å². The fraction of sp³-hybridized carbons (Fsp3) is 0.588. The Labute approximate surface area is 137 Å². The predicted molar refractivity (Wildman–Crippen MR) is 90.3 cm³/mol. The standard InChI is InChI=1S/C17H26N4O2/c1-3-14-6-4-5-11-21(14)17(23)18-10-9-16(22)20-15-8-7-13(2)12-19-15/h7-8,12,14H,3-6,9-11H2,1-2H3,(H,18,23)(H,19,20,22). The quantitative estimate of drug-likeness (QED) is 0.876. The van der Waals surface area contributed by atoms with Gasteiger partial charge in [0.1, 0.15) is 5.82 Å². The molecule has 0 bridgehead atoms. The zero-order chi connectivity index (χ0) is 16.7. The summed E-state index contributed by atoms with van der Waals surface area (Å²) in [6, 6.07) is 3.93.